The van der Waals surface area contributed by atoms with Crippen LogP contribution in [0.5, 0.6) is 0 Å². The molecule has 0 saturated heterocycles. The lowest BCUT2D eigenvalue weighted by atomic mass is 10.0. The predicted molar refractivity (Wildman–Crippen MR) is 102 cm³/mol. The molecular weight excluding hydrogens is 334 g/mol. The Kier molecular flexibility index (Phi) is 7.07. The van der Waals surface area contributed by atoms with Crippen LogP contribution in [0.3, 0.4) is 0 Å². The Morgan fingerprint density at radius 2 is 1.72 bits per heavy atom. The molecule has 1 atom stereocenters. The fraction of sp³-hybridized carbons (Fsp3) is 0.300. The fourth-order valence-electron chi connectivity index (χ4n) is 2.46. The number of hydrogen-bond acceptors (Lipinski definition) is 4. The lowest BCUT2D eigenvalue weighted by Crippen LogP contribution is -2.30. The van der Waals surface area contributed by atoms with E-state index in [1.54, 1.807) is 11.8 Å². The van der Waals surface area contributed by atoms with Crippen LogP contribution in [0.4, 0.5) is 0 Å². The van der Waals surface area contributed by atoms with Gasteiger partial charge >= 0.3 is 5.97 Å². The Balaban J connectivity index is 2.15. The fourth-order valence-corrected chi connectivity index (χ4v) is 2.99. The number of aryl methyl sites for hydroxylation is 1. The maximum absolute atomic E-state index is 12.6. The molecule has 2 aromatic rings. The van der Waals surface area contributed by atoms with Crippen molar-refractivity contribution in [2.45, 2.75) is 25.1 Å². The first kappa shape index (κ1) is 19.1. The Morgan fingerprint density at radius 1 is 1.08 bits per heavy atom. The van der Waals surface area contributed by atoms with E-state index in [4.69, 9.17) is 4.74 Å². The third kappa shape index (κ3) is 5.64. The molecule has 25 heavy (non-hydrogen) atoms. The van der Waals surface area contributed by atoms with Gasteiger partial charge in [-0.3, -0.25) is 9.59 Å². The molecule has 0 spiro atoms. The summed E-state index contributed by atoms with van der Waals surface area (Å²) < 4.78 is 4.76. The number of nitrogens with one attached hydrogen (secondary N) is 1. The summed E-state index contributed by atoms with van der Waals surface area (Å²) in [5.41, 5.74) is 3.75. The van der Waals surface area contributed by atoms with Gasteiger partial charge < -0.3 is 10.1 Å². The van der Waals surface area contributed by atoms with Gasteiger partial charge in [-0.15, -0.1) is 0 Å². The quantitative estimate of drug-likeness (QED) is 0.764. The zero-order chi connectivity index (χ0) is 18.2. The second kappa shape index (κ2) is 9.28. The van der Waals surface area contributed by atoms with Gasteiger partial charge in [0, 0.05) is 11.3 Å². The molecule has 0 bridgehead atoms. The van der Waals surface area contributed by atoms with Crippen LogP contribution in [0.2, 0.25) is 0 Å². The first-order chi connectivity index (χ1) is 12.0. The molecule has 0 heterocycles. The number of carbonyl (C=O) groups excluding carboxylic acids is 2. The molecule has 2 rings (SSSR count). The average Bonchev–Trinajstić information content (AvgIpc) is 2.62. The second-order valence-corrected chi connectivity index (χ2v) is 6.71. The molecule has 0 aliphatic heterocycles. The molecule has 4 nitrogen and oxygen atoms in total. The molecule has 1 amide bonds. The highest BCUT2D eigenvalue weighted by Gasteiger charge is 2.19. The number of rotatable bonds is 7. The summed E-state index contributed by atoms with van der Waals surface area (Å²) in [7, 11) is 1.35. The summed E-state index contributed by atoms with van der Waals surface area (Å²) >= 11 is 1.74. The van der Waals surface area contributed by atoms with Gasteiger partial charge in [-0.05, 0) is 36.4 Å². The summed E-state index contributed by atoms with van der Waals surface area (Å²) in [5.74, 6) is 0.349. The molecule has 132 valence electrons. The van der Waals surface area contributed by atoms with E-state index in [1.807, 2.05) is 61.7 Å². The maximum Gasteiger partial charge on any atom is 0.307 e. The standard InChI is InChI=1S/C20H23NO3S/c1-14-4-8-16(9-5-14)18(12-19(22)24-2)21-20(23)17-10-6-15(7-11-17)13-25-3/h4-11,18H,12-13H2,1-3H3,(H,21,23). The van der Waals surface area contributed by atoms with Crippen molar-refractivity contribution in [3.63, 3.8) is 0 Å². The van der Waals surface area contributed by atoms with E-state index in [0.717, 1.165) is 16.9 Å². The van der Waals surface area contributed by atoms with E-state index in [1.165, 1.54) is 12.7 Å². The number of thioether (sulfide) groups is 1. The summed E-state index contributed by atoms with van der Waals surface area (Å²) in [4.78, 5) is 24.3. The molecule has 0 fully saturated rings. The predicted octanol–water partition coefficient (Wildman–Crippen LogP) is 3.89. The first-order valence-electron chi connectivity index (χ1n) is 8.05. The van der Waals surface area contributed by atoms with Crippen LogP contribution in [0, 0.1) is 6.92 Å². The lowest BCUT2D eigenvalue weighted by molar-refractivity contribution is -0.141. The number of benzene rings is 2. The minimum absolute atomic E-state index is 0.0931. The molecular formula is C20H23NO3S. The highest BCUT2D eigenvalue weighted by molar-refractivity contribution is 7.97. The van der Waals surface area contributed by atoms with Crippen LogP contribution in [0.1, 0.15) is 39.5 Å². The van der Waals surface area contributed by atoms with Crippen LogP contribution in [0.25, 0.3) is 0 Å². The van der Waals surface area contributed by atoms with E-state index in [-0.39, 0.29) is 18.3 Å². The number of methoxy groups -OCH3 is 1. The van der Waals surface area contributed by atoms with Crippen molar-refractivity contribution in [1.29, 1.82) is 0 Å². The average molecular weight is 357 g/mol. The van der Waals surface area contributed by atoms with Gasteiger partial charge in [-0.25, -0.2) is 0 Å². The number of ether oxygens (including phenoxy) is 1. The molecule has 5 heteroatoms. The van der Waals surface area contributed by atoms with Gasteiger partial charge in [-0.1, -0.05) is 42.0 Å². The summed E-state index contributed by atoms with van der Waals surface area (Å²) in [6, 6.07) is 14.9. The van der Waals surface area contributed by atoms with Crippen molar-refractivity contribution in [2.24, 2.45) is 0 Å². The van der Waals surface area contributed by atoms with E-state index in [0.29, 0.717) is 5.56 Å². The normalized spacial score (nSPS) is 11.6. The summed E-state index contributed by atoms with van der Waals surface area (Å²) in [5, 5.41) is 2.94. The monoisotopic (exact) mass is 357 g/mol. The molecule has 0 radical (unpaired) electrons. The Hall–Kier alpha value is -2.27. The highest BCUT2D eigenvalue weighted by atomic mass is 32.2. The lowest BCUT2D eigenvalue weighted by Gasteiger charge is -2.18. The van der Waals surface area contributed by atoms with Gasteiger partial charge in [-0.2, -0.15) is 11.8 Å². The minimum atomic E-state index is -0.425. The van der Waals surface area contributed by atoms with E-state index in [9.17, 15) is 9.59 Å². The van der Waals surface area contributed by atoms with Crippen LogP contribution < -0.4 is 5.32 Å². The van der Waals surface area contributed by atoms with E-state index < -0.39 is 6.04 Å². The van der Waals surface area contributed by atoms with Gasteiger partial charge in [0.25, 0.3) is 5.91 Å². The van der Waals surface area contributed by atoms with Gasteiger partial charge in [0.05, 0.1) is 19.6 Å². The van der Waals surface area contributed by atoms with Gasteiger partial charge in [0.2, 0.25) is 0 Å². The van der Waals surface area contributed by atoms with Crippen LogP contribution in [-0.2, 0) is 15.3 Å². The molecule has 0 saturated carbocycles. The zero-order valence-corrected chi connectivity index (χ0v) is 15.6. The van der Waals surface area contributed by atoms with Crippen molar-refractivity contribution < 1.29 is 14.3 Å². The molecule has 0 aromatic heterocycles. The number of esters is 1. The summed E-state index contributed by atoms with van der Waals surface area (Å²) in [6.07, 6.45) is 2.13. The third-order valence-electron chi connectivity index (χ3n) is 3.91. The highest BCUT2D eigenvalue weighted by Crippen LogP contribution is 2.19. The van der Waals surface area contributed by atoms with Crippen LogP contribution in [0.15, 0.2) is 48.5 Å². The number of hydrogen-bond donors (Lipinski definition) is 1. The van der Waals surface area contributed by atoms with Crippen molar-refractivity contribution in [3.05, 3.63) is 70.8 Å². The van der Waals surface area contributed by atoms with Crippen LogP contribution >= 0.6 is 11.8 Å². The number of carbonyl (C=O) groups is 2. The van der Waals surface area contributed by atoms with Crippen molar-refractivity contribution in [1.82, 2.24) is 5.32 Å². The zero-order valence-electron chi connectivity index (χ0n) is 14.7. The van der Waals surface area contributed by atoms with Gasteiger partial charge in [0.1, 0.15) is 0 Å². The smallest absolute Gasteiger partial charge is 0.307 e. The van der Waals surface area contributed by atoms with Gasteiger partial charge in [0.15, 0.2) is 0 Å². The van der Waals surface area contributed by atoms with E-state index in [2.05, 4.69) is 5.32 Å². The van der Waals surface area contributed by atoms with Crippen molar-refractivity contribution >= 4 is 23.6 Å². The number of amides is 1. The molecule has 0 aliphatic rings. The third-order valence-corrected chi connectivity index (χ3v) is 4.53. The molecule has 1 unspecified atom stereocenters. The minimum Gasteiger partial charge on any atom is -0.469 e. The Bertz CT molecular complexity index is 711. The van der Waals surface area contributed by atoms with Crippen molar-refractivity contribution in [2.75, 3.05) is 13.4 Å². The SMILES string of the molecule is COC(=O)CC(NC(=O)c1ccc(CSC)cc1)c1ccc(C)cc1. The first-order valence-corrected chi connectivity index (χ1v) is 9.45. The topological polar surface area (TPSA) is 55.4 Å². The largest absolute Gasteiger partial charge is 0.469 e. The molecule has 0 aliphatic carbocycles. The Morgan fingerprint density at radius 3 is 2.28 bits per heavy atom. The molecule has 1 N–H and O–H groups in total. The van der Waals surface area contributed by atoms with E-state index >= 15 is 0 Å². The van der Waals surface area contributed by atoms with Crippen molar-refractivity contribution in [3.8, 4) is 0 Å². The second-order valence-electron chi connectivity index (χ2n) is 5.85. The Labute approximate surface area is 153 Å². The summed E-state index contributed by atoms with van der Waals surface area (Å²) in [6.45, 7) is 1.99. The maximum atomic E-state index is 12.6. The van der Waals surface area contributed by atoms with Crippen LogP contribution in [-0.4, -0.2) is 25.2 Å². The molecule has 2 aromatic carbocycles.